The minimum atomic E-state index is -3.44. The molecule has 0 aliphatic carbocycles. The summed E-state index contributed by atoms with van der Waals surface area (Å²) in [4.78, 5) is 16.6. The minimum Gasteiger partial charge on any atom is -0.470 e. The van der Waals surface area contributed by atoms with E-state index in [0.717, 1.165) is 5.56 Å². The van der Waals surface area contributed by atoms with Crippen molar-refractivity contribution in [3.05, 3.63) is 90.1 Å². The van der Waals surface area contributed by atoms with Crippen LogP contribution in [0.1, 0.15) is 28.9 Å². The van der Waals surface area contributed by atoms with Gasteiger partial charge in [0.2, 0.25) is 5.88 Å². The van der Waals surface area contributed by atoms with Crippen LogP contribution < -0.4 is 10.1 Å². The zero-order chi connectivity index (χ0) is 20.7. The summed E-state index contributed by atoms with van der Waals surface area (Å²) in [6.07, 6.45) is 1.24. The molecule has 1 atom stereocenters. The topological polar surface area (TPSA) is 85.4 Å². The number of aromatic nitrogens is 1. The van der Waals surface area contributed by atoms with Crippen molar-refractivity contribution in [3.63, 3.8) is 0 Å². The number of carbonyl (C=O) groups excluding carboxylic acids is 1. The SMILES string of the molecule is C[C@H](Oc1ccc(C(=O)NCCS(=O)(=O)c2ccccc2)cn1)c1ccccc1. The van der Waals surface area contributed by atoms with Crippen molar-refractivity contribution >= 4 is 15.7 Å². The fourth-order valence-electron chi connectivity index (χ4n) is 2.70. The van der Waals surface area contributed by atoms with Gasteiger partial charge in [-0.05, 0) is 30.7 Å². The second-order valence-electron chi connectivity index (χ2n) is 6.44. The standard InChI is InChI=1S/C22H22N2O4S/c1-17(18-8-4-2-5-9-18)28-21-13-12-19(16-24-21)22(25)23-14-15-29(26,27)20-10-6-3-7-11-20/h2-13,16-17H,14-15H2,1H3,(H,23,25)/t17-/m0/s1. The lowest BCUT2D eigenvalue weighted by atomic mass is 10.1. The summed E-state index contributed by atoms with van der Waals surface area (Å²) in [5.41, 5.74) is 1.36. The Morgan fingerprint density at radius 2 is 1.66 bits per heavy atom. The van der Waals surface area contributed by atoms with Crippen molar-refractivity contribution in [3.8, 4) is 5.88 Å². The number of hydrogen-bond acceptors (Lipinski definition) is 5. The van der Waals surface area contributed by atoms with E-state index in [1.54, 1.807) is 30.3 Å². The van der Waals surface area contributed by atoms with Gasteiger partial charge in [-0.1, -0.05) is 48.5 Å². The first-order chi connectivity index (χ1) is 14.0. The van der Waals surface area contributed by atoms with Gasteiger partial charge in [-0.15, -0.1) is 0 Å². The molecule has 0 aliphatic rings. The molecule has 29 heavy (non-hydrogen) atoms. The molecule has 1 aromatic heterocycles. The zero-order valence-electron chi connectivity index (χ0n) is 16.0. The molecule has 0 aliphatic heterocycles. The molecule has 0 saturated carbocycles. The lowest BCUT2D eigenvalue weighted by Crippen LogP contribution is -2.29. The molecule has 0 saturated heterocycles. The van der Waals surface area contributed by atoms with Crippen molar-refractivity contribution in [2.45, 2.75) is 17.9 Å². The number of rotatable bonds is 8. The molecule has 3 aromatic rings. The Kier molecular flexibility index (Phi) is 6.61. The Morgan fingerprint density at radius 3 is 2.28 bits per heavy atom. The number of hydrogen-bond donors (Lipinski definition) is 1. The summed E-state index contributed by atoms with van der Waals surface area (Å²) in [6, 6.07) is 21.1. The molecular formula is C22H22N2O4S. The maximum absolute atomic E-state index is 12.2. The van der Waals surface area contributed by atoms with Gasteiger partial charge in [0.15, 0.2) is 9.84 Å². The number of pyridine rings is 1. The van der Waals surface area contributed by atoms with Crippen LogP contribution in [-0.4, -0.2) is 31.6 Å². The number of nitrogens with zero attached hydrogens (tertiary/aromatic N) is 1. The third-order valence-electron chi connectivity index (χ3n) is 4.32. The molecule has 1 heterocycles. The van der Waals surface area contributed by atoms with Gasteiger partial charge in [-0.3, -0.25) is 4.79 Å². The molecule has 1 amide bonds. The van der Waals surface area contributed by atoms with Gasteiger partial charge in [0.25, 0.3) is 5.91 Å². The second-order valence-corrected chi connectivity index (χ2v) is 8.55. The largest absolute Gasteiger partial charge is 0.470 e. The first-order valence-electron chi connectivity index (χ1n) is 9.19. The van der Waals surface area contributed by atoms with Crippen LogP contribution in [0.2, 0.25) is 0 Å². The Morgan fingerprint density at radius 1 is 1.00 bits per heavy atom. The van der Waals surface area contributed by atoms with E-state index >= 15 is 0 Å². The van der Waals surface area contributed by atoms with Gasteiger partial charge in [0, 0.05) is 18.8 Å². The normalized spacial score (nSPS) is 12.2. The molecule has 0 fully saturated rings. The average Bonchev–Trinajstić information content (AvgIpc) is 2.75. The van der Waals surface area contributed by atoms with Gasteiger partial charge in [0.05, 0.1) is 16.2 Å². The smallest absolute Gasteiger partial charge is 0.252 e. The van der Waals surface area contributed by atoms with E-state index in [4.69, 9.17) is 4.74 Å². The van der Waals surface area contributed by atoms with Crippen LogP contribution in [0.25, 0.3) is 0 Å². The molecule has 1 N–H and O–H groups in total. The van der Waals surface area contributed by atoms with Gasteiger partial charge < -0.3 is 10.1 Å². The summed E-state index contributed by atoms with van der Waals surface area (Å²) in [6.45, 7) is 1.93. The van der Waals surface area contributed by atoms with Gasteiger partial charge in [-0.2, -0.15) is 0 Å². The molecule has 0 unspecified atom stereocenters. The van der Waals surface area contributed by atoms with Crippen molar-refractivity contribution < 1.29 is 17.9 Å². The van der Waals surface area contributed by atoms with E-state index < -0.39 is 9.84 Å². The van der Waals surface area contributed by atoms with E-state index in [1.807, 2.05) is 37.3 Å². The molecule has 0 spiro atoms. The number of nitrogens with one attached hydrogen (secondary N) is 1. The highest BCUT2D eigenvalue weighted by molar-refractivity contribution is 7.91. The van der Waals surface area contributed by atoms with E-state index in [2.05, 4.69) is 10.3 Å². The quantitative estimate of drug-likeness (QED) is 0.615. The van der Waals surface area contributed by atoms with Crippen molar-refractivity contribution in [2.75, 3.05) is 12.3 Å². The number of sulfone groups is 1. The van der Waals surface area contributed by atoms with Crippen LogP contribution >= 0.6 is 0 Å². The molecule has 150 valence electrons. The van der Waals surface area contributed by atoms with Gasteiger partial charge >= 0.3 is 0 Å². The Bertz CT molecular complexity index is 1040. The number of amides is 1. The lowest BCUT2D eigenvalue weighted by molar-refractivity contribution is 0.0955. The molecule has 0 radical (unpaired) electrons. The van der Waals surface area contributed by atoms with Gasteiger partial charge in [-0.25, -0.2) is 13.4 Å². The highest BCUT2D eigenvalue weighted by Gasteiger charge is 2.15. The van der Waals surface area contributed by atoms with Crippen molar-refractivity contribution in [2.24, 2.45) is 0 Å². The van der Waals surface area contributed by atoms with Crippen LogP contribution in [0, 0.1) is 0 Å². The third kappa shape index (κ3) is 5.65. The molecule has 3 rings (SSSR count). The predicted octanol–water partition coefficient (Wildman–Crippen LogP) is 3.43. The van der Waals surface area contributed by atoms with E-state index in [-0.39, 0.29) is 29.2 Å². The molecular weight excluding hydrogens is 388 g/mol. The van der Waals surface area contributed by atoms with Crippen LogP contribution in [0.4, 0.5) is 0 Å². The van der Waals surface area contributed by atoms with E-state index in [0.29, 0.717) is 11.4 Å². The zero-order valence-corrected chi connectivity index (χ0v) is 16.8. The fraction of sp³-hybridized carbons (Fsp3) is 0.182. The summed E-state index contributed by atoms with van der Waals surface area (Å²) in [5, 5.41) is 2.61. The Labute approximate surface area is 170 Å². The summed E-state index contributed by atoms with van der Waals surface area (Å²) < 4.78 is 30.3. The number of ether oxygens (including phenoxy) is 1. The predicted molar refractivity (Wildman–Crippen MR) is 111 cm³/mol. The molecule has 6 nitrogen and oxygen atoms in total. The van der Waals surface area contributed by atoms with Crippen LogP contribution in [0.5, 0.6) is 5.88 Å². The Hall–Kier alpha value is -3.19. The highest BCUT2D eigenvalue weighted by atomic mass is 32.2. The van der Waals surface area contributed by atoms with Crippen LogP contribution in [-0.2, 0) is 9.84 Å². The molecule has 0 bridgehead atoms. The summed E-state index contributed by atoms with van der Waals surface area (Å²) in [7, 11) is -3.44. The van der Waals surface area contributed by atoms with Crippen molar-refractivity contribution in [1.82, 2.24) is 10.3 Å². The third-order valence-corrected chi connectivity index (χ3v) is 6.06. The first-order valence-corrected chi connectivity index (χ1v) is 10.8. The fourth-order valence-corrected chi connectivity index (χ4v) is 3.88. The summed E-state index contributed by atoms with van der Waals surface area (Å²) in [5.74, 6) is -0.153. The molecule has 2 aromatic carbocycles. The maximum atomic E-state index is 12.2. The number of benzene rings is 2. The number of carbonyl (C=O) groups is 1. The van der Waals surface area contributed by atoms with Gasteiger partial charge in [0.1, 0.15) is 6.10 Å². The maximum Gasteiger partial charge on any atom is 0.252 e. The van der Waals surface area contributed by atoms with E-state index in [9.17, 15) is 13.2 Å². The summed E-state index contributed by atoms with van der Waals surface area (Å²) >= 11 is 0. The highest BCUT2D eigenvalue weighted by Crippen LogP contribution is 2.19. The average molecular weight is 410 g/mol. The van der Waals surface area contributed by atoms with Crippen molar-refractivity contribution in [1.29, 1.82) is 0 Å². The monoisotopic (exact) mass is 410 g/mol. The van der Waals surface area contributed by atoms with Crippen LogP contribution in [0.3, 0.4) is 0 Å². The van der Waals surface area contributed by atoms with E-state index in [1.165, 1.54) is 18.3 Å². The van der Waals surface area contributed by atoms with Crippen LogP contribution in [0.15, 0.2) is 83.9 Å². The first kappa shape index (κ1) is 20.5. The minimum absolute atomic E-state index is 0.0132. The second kappa shape index (κ2) is 9.34. The molecule has 7 heteroatoms. The lowest BCUT2D eigenvalue weighted by Gasteiger charge is -2.14. The Balaban J connectivity index is 1.53.